The van der Waals surface area contributed by atoms with Crippen molar-refractivity contribution in [3.8, 4) is 0 Å². The van der Waals surface area contributed by atoms with E-state index in [-0.39, 0.29) is 11.8 Å². The average Bonchev–Trinajstić information content (AvgIpc) is 2.10. The van der Waals surface area contributed by atoms with E-state index in [0.29, 0.717) is 12.0 Å². The molecule has 15 heavy (non-hydrogen) atoms. The number of carbonyl (C=O) groups excluding carboxylic acids is 1. The maximum absolute atomic E-state index is 11.6. The summed E-state index contributed by atoms with van der Waals surface area (Å²) < 4.78 is 0. The summed E-state index contributed by atoms with van der Waals surface area (Å²) in [4.78, 5) is 13.7. The van der Waals surface area contributed by atoms with Gasteiger partial charge in [0.05, 0.1) is 0 Å². The second-order valence-electron chi connectivity index (χ2n) is 5.11. The monoisotopic (exact) mass is 214 g/mol. The van der Waals surface area contributed by atoms with Crippen LogP contribution in [0.2, 0.25) is 0 Å². The number of nitrogens with one attached hydrogen (secondary N) is 1. The van der Waals surface area contributed by atoms with Crippen LogP contribution < -0.4 is 5.32 Å². The van der Waals surface area contributed by atoms with Crippen LogP contribution in [0.25, 0.3) is 0 Å². The molecule has 0 saturated heterocycles. The van der Waals surface area contributed by atoms with Gasteiger partial charge in [-0.1, -0.05) is 27.7 Å². The summed E-state index contributed by atoms with van der Waals surface area (Å²) in [6.45, 7) is 9.18. The van der Waals surface area contributed by atoms with Crippen LogP contribution in [0, 0.1) is 11.8 Å². The van der Waals surface area contributed by atoms with E-state index in [9.17, 15) is 4.79 Å². The van der Waals surface area contributed by atoms with Crippen molar-refractivity contribution in [3.63, 3.8) is 0 Å². The third-order valence-corrected chi connectivity index (χ3v) is 2.54. The normalized spacial score (nSPS) is 13.7. The summed E-state index contributed by atoms with van der Waals surface area (Å²) in [5.41, 5.74) is 0. The van der Waals surface area contributed by atoms with E-state index in [2.05, 4.69) is 38.2 Å². The highest BCUT2D eigenvalue weighted by Gasteiger charge is 2.17. The molecule has 3 nitrogen and oxygen atoms in total. The van der Waals surface area contributed by atoms with Crippen LogP contribution in [0.15, 0.2) is 0 Å². The van der Waals surface area contributed by atoms with Crippen LogP contribution in [0.1, 0.15) is 34.1 Å². The Hall–Kier alpha value is -0.570. The maximum atomic E-state index is 11.6. The molecule has 0 aliphatic heterocycles. The highest BCUT2D eigenvalue weighted by atomic mass is 16.1. The first-order valence-corrected chi connectivity index (χ1v) is 5.79. The van der Waals surface area contributed by atoms with Crippen molar-refractivity contribution in [1.29, 1.82) is 0 Å². The van der Waals surface area contributed by atoms with Crippen LogP contribution >= 0.6 is 0 Å². The van der Waals surface area contributed by atoms with Gasteiger partial charge in [-0.15, -0.1) is 0 Å². The Kier molecular flexibility index (Phi) is 6.57. The molecule has 3 heteroatoms. The van der Waals surface area contributed by atoms with Crippen LogP contribution in [0.3, 0.4) is 0 Å². The molecule has 0 spiro atoms. The molecule has 0 aliphatic carbocycles. The van der Waals surface area contributed by atoms with Gasteiger partial charge in [0.25, 0.3) is 0 Å². The Morgan fingerprint density at radius 2 is 1.73 bits per heavy atom. The van der Waals surface area contributed by atoms with Gasteiger partial charge in [0, 0.05) is 12.0 Å². The fraction of sp³-hybridized carbons (Fsp3) is 0.917. The van der Waals surface area contributed by atoms with Crippen molar-refractivity contribution in [2.75, 3.05) is 20.6 Å². The summed E-state index contributed by atoms with van der Waals surface area (Å²) in [7, 11) is 4.11. The zero-order valence-electron chi connectivity index (χ0n) is 11.0. The number of carbonyl (C=O) groups is 1. The lowest BCUT2D eigenvalue weighted by Crippen LogP contribution is -2.42. The lowest BCUT2D eigenvalue weighted by atomic mass is 10.00. The van der Waals surface area contributed by atoms with E-state index in [1.54, 1.807) is 0 Å². The minimum Gasteiger partial charge on any atom is -0.353 e. The van der Waals surface area contributed by atoms with Crippen molar-refractivity contribution < 1.29 is 4.79 Å². The molecule has 0 aromatic carbocycles. The van der Waals surface area contributed by atoms with Crippen molar-refractivity contribution in [2.24, 2.45) is 11.8 Å². The summed E-state index contributed by atoms with van der Waals surface area (Å²) in [5, 5.41) is 3.11. The highest BCUT2D eigenvalue weighted by molar-refractivity contribution is 5.78. The second kappa shape index (κ2) is 6.83. The van der Waals surface area contributed by atoms with Gasteiger partial charge in [-0.3, -0.25) is 4.79 Å². The lowest BCUT2D eigenvalue weighted by Gasteiger charge is -2.24. The van der Waals surface area contributed by atoms with Crippen molar-refractivity contribution in [3.05, 3.63) is 0 Å². The predicted molar refractivity (Wildman–Crippen MR) is 64.8 cm³/mol. The first-order valence-electron chi connectivity index (χ1n) is 5.79. The summed E-state index contributed by atoms with van der Waals surface area (Å²) in [6.07, 6.45) is 1.02. The Bertz CT molecular complexity index is 188. The van der Waals surface area contributed by atoms with Gasteiger partial charge in [0.15, 0.2) is 0 Å². The molecule has 1 amide bonds. The van der Waals surface area contributed by atoms with E-state index < -0.39 is 0 Å². The van der Waals surface area contributed by atoms with Gasteiger partial charge in [0.1, 0.15) is 0 Å². The smallest absolute Gasteiger partial charge is 0.222 e. The number of hydrogen-bond acceptors (Lipinski definition) is 2. The zero-order valence-corrected chi connectivity index (χ0v) is 11.0. The summed E-state index contributed by atoms with van der Waals surface area (Å²) in [5.74, 6) is 0.728. The molecule has 0 aromatic heterocycles. The zero-order chi connectivity index (χ0) is 12.0. The Morgan fingerprint density at radius 1 is 1.20 bits per heavy atom. The van der Waals surface area contributed by atoms with E-state index in [4.69, 9.17) is 0 Å². The molecule has 0 saturated carbocycles. The van der Waals surface area contributed by atoms with Gasteiger partial charge in [-0.05, 0) is 33.0 Å². The lowest BCUT2D eigenvalue weighted by molar-refractivity contribution is -0.125. The molecule has 0 rings (SSSR count). The third-order valence-electron chi connectivity index (χ3n) is 2.54. The first kappa shape index (κ1) is 14.4. The third kappa shape index (κ3) is 6.50. The Labute approximate surface area is 94.2 Å². The van der Waals surface area contributed by atoms with E-state index in [0.717, 1.165) is 13.0 Å². The molecule has 0 heterocycles. The largest absolute Gasteiger partial charge is 0.353 e. The molecule has 90 valence electrons. The second-order valence-corrected chi connectivity index (χ2v) is 5.11. The molecule has 0 unspecified atom stereocenters. The molecule has 0 aliphatic rings. The van der Waals surface area contributed by atoms with Crippen LogP contribution in [-0.4, -0.2) is 37.5 Å². The van der Waals surface area contributed by atoms with E-state index in [1.807, 2.05) is 13.8 Å². The van der Waals surface area contributed by atoms with E-state index in [1.165, 1.54) is 0 Å². The van der Waals surface area contributed by atoms with Gasteiger partial charge in [-0.25, -0.2) is 0 Å². The van der Waals surface area contributed by atoms with Gasteiger partial charge in [-0.2, -0.15) is 0 Å². The van der Waals surface area contributed by atoms with Gasteiger partial charge in [0.2, 0.25) is 5.91 Å². The van der Waals surface area contributed by atoms with Crippen LogP contribution in [0.5, 0.6) is 0 Å². The van der Waals surface area contributed by atoms with E-state index >= 15 is 0 Å². The molecule has 1 N–H and O–H groups in total. The maximum Gasteiger partial charge on any atom is 0.222 e. The SMILES string of the molecule is CC(C)C(=O)N[C@@H](CCN(C)C)C(C)C. The van der Waals surface area contributed by atoms with Crippen LogP contribution in [0.4, 0.5) is 0 Å². The quantitative estimate of drug-likeness (QED) is 0.730. The number of amides is 1. The minimum atomic E-state index is 0.0746. The van der Waals surface area contributed by atoms with Crippen molar-refractivity contribution in [1.82, 2.24) is 10.2 Å². The number of nitrogens with zero attached hydrogens (tertiary/aromatic N) is 1. The van der Waals surface area contributed by atoms with Crippen LogP contribution in [-0.2, 0) is 4.79 Å². The summed E-state index contributed by atoms with van der Waals surface area (Å²) >= 11 is 0. The molecule has 1 atom stereocenters. The molecule has 0 bridgehead atoms. The standard InChI is InChI=1S/C12H26N2O/c1-9(2)11(7-8-14(5)6)13-12(15)10(3)4/h9-11H,7-8H2,1-6H3,(H,13,15)/t11-/m0/s1. The molecule has 0 radical (unpaired) electrons. The molecule has 0 fully saturated rings. The Morgan fingerprint density at radius 3 is 2.07 bits per heavy atom. The average molecular weight is 214 g/mol. The van der Waals surface area contributed by atoms with Crippen molar-refractivity contribution in [2.45, 2.75) is 40.2 Å². The summed E-state index contributed by atoms with van der Waals surface area (Å²) in [6, 6.07) is 0.294. The minimum absolute atomic E-state index is 0.0746. The fourth-order valence-corrected chi connectivity index (χ4v) is 1.32. The number of hydrogen-bond donors (Lipinski definition) is 1. The van der Waals surface area contributed by atoms with Gasteiger partial charge < -0.3 is 10.2 Å². The molecule has 0 aromatic rings. The number of rotatable bonds is 6. The fourth-order valence-electron chi connectivity index (χ4n) is 1.32. The predicted octanol–water partition coefficient (Wildman–Crippen LogP) is 1.73. The Balaban J connectivity index is 4.10. The highest BCUT2D eigenvalue weighted by Crippen LogP contribution is 2.07. The first-order chi connectivity index (χ1) is 6.84. The van der Waals surface area contributed by atoms with Gasteiger partial charge >= 0.3 is 0 Å². The molecular weight excluding hydrogens is 188 g/mol. The van der Waals surface area contributed by atoms with Crippen molar-refractivity contribution >= 4 is 5.91 Å². The molecular formula is C12H26N2O. The topological polar surface area (TPSA) is 32.3 Å².